The van der Waals surface area contributed by atoms with Gasteiger partial charge in [0.2, 0.25) is 0 Å². The molecule has 0 saturated carbocycles. The highest BCUT2D eigenvalue weighted by Gasteiger charge is 2.33. The van der Waals surface area contributed by atoms with E-state index in [0.717, 1.165) is 31.7 Å². The Morgan fingerprint density at radius 2 is 1.90 bits per heavy atom. The molecule has 31 heavy (non-hydrogen) atoms. The molecule has 0 radical (unpaired) electrons. The molecule has 1 N–H and O–H groups in total. The molecule has 1 aromatic carbocycles. The number of likely N-dealkylation sites (N-methyl/N-ethyl adjacent to an activating group) is 1. The van der Waals surface area contributed by atoms with Gasteiger partial charge in [0, 0.05) is 20.1 Å². The van der Waals surface area contributed by atoms with Gasteiger partial charge in [0.1, 0.15) is 5.75 Å². The summed E-state index contributed by atoms with van der Waals surface area (Å²) in [5.74, 6) is -0.434. The second kappa shape index (κ2) is 8.99. The van der Waals surface area contributed by atoms with Gasteiger partial charge < -0.3 is 24.6 Å². The zero-order chi connectivity index (χ0) is 21.8. The van der Waals surface area contributed by atoms with Crippen LogP contribution >= 0.6 is 0 Å². The molecule has 1 saturated heterocycles. The molecule has 10 nitrogen and oxygen atoms in total. The molecular weight excluding hydrogens is 402 g/mol. The van der Waals surface area contributed by atoms with Gasteiger partial charge in [-0.05, 0) is 37.1 Å². The lowest BCUT2D eigenvalue weighted by atomic mass is 10.1. The SMILES string of the molecule is CNC(=O)C1CN(C(=O)COC(=O)c2ccc(N3CCCC3)nn2)c2ccccc2O1. The number of nitrogens with zero attached hydrogens (tertiary/aromatic N) is 4. The number of amides is 2. The van der Waals surface area contributed by atoms with E-state index in [0.29, 0.717) is 11.4 Å². The zero-order valence-electron chi connectivity index (χ0n) is 17.1. The van der Waals surface area contributed by atoms with Crippen molar-refractivity contribution in [1.29, 1.82) is 0 Å². The molecule has 0 spiro atoms. The summed E-state index contributed by atoms with van der Waals surface area (Å²) < 4.78 is 10.8. The predicted octanol–water partition coefficient (Wildman–Crippen LogP) is 0.774. The molecule has 0 bridgehead atoms. The lowest BCUT2D eigenvalue weighted by Crippen LogP contribution is -2.51. The number of esters is 1. The molecule has 0 aliphatic carbocycles. The molecule has 2 amide bonds. The third-order valence-corrected chi connectivity index (χ3v) is 5.23. The van der Waals surface area contributed by atoms with Crippen LogP contribution in [-0.4, -0.2) is 67.4 Å². The van der Waals surface area contributed by atoms with E-state index in [4.69, 9.17) is 9.47 Å². The maximum absolute atomic E-state index is 12.8. The summed E-state index contributed by atoms with van der Waals surface area (Å²) >= 11 is 0. The minimum absolute atomic E-state index is 0.0113. The van der Waals surface area contributed by atoms with Gasteiger partial charge in [-0.15, -0.1) is 10.2 Å². The van der Waals surface area contributed by atoms with Crippen LogP contribution in [0.5, 0.6) is 5.75 Å². The normalized spacial score (nSPS) is 17.5. The smallest absolute Gasteiger partial charge is 0.359 e. The first kappa shape index (κ1) is 20.6. The first-order valence-corrected chi connectivity index (χ1v) is 10.1. The van der Waals surface area contributed by atoms with Gasteiger partial charge in [-0.3, -0.25) is 9.59 Å². The highest BCUT2D eigenvalue weighted by atomic mass is 16.5. The predicted molar refractivity (Wildman–Crippen MR) is 111 cm³/mol. The Kier molecular flexibility index (Phi) is 5.96. The number of carbonyl (C=O) groups excluding carboxylic acids is 3. The molecule has 1 aromatic heterocycles. The Hall–Kier alpha value is -3.69. The van der Waals surface area contributed by atoms with Crippen molar-refractivity contribution in [3.8, 4) is 5.75 Å². The number of carbonyl (C=O) groups is 3. The number of anilines is 2. The molecule has 1 atom stereocenters. The van der Waals surface area contributed by atoms with E-state index in [1.54, 1.807) is 36.4 Å². The van der Waals surface area contributed by atoms with Gasteiger partial charge in [-0.2, -0.15) is 0 Å². The average Bonchev–Trinajstić information content (AvgIpc) is 3.36. The molecule has 1 unspecified atom stereocenters. The van der Waals surface area contributed by atoms with Crippen LogP contribution in [0.3, 0.4) is 0 Å². The Labute approximate surface area is 179 Å². The number of fused-ring (bicyclic) bond motifs is 1. The maximum atomic E-state index is 12.8. The van der Waals surface area contributed by atoms with Crippen LogP contribution < -0.4 is 19.9 Å². The monoisotopic (exact) mass is 425 g/mol. The van der Waals surface area contributed by atoms with Crippen molar-refractivity contribution in [2.24, 2.45) is 0 Å². The standard InChI is InChI=1S/C21H23N5O5/c1-22-20(28)17-12-26(15-6-2-3-7-16(15)31-17)19(27)13-30-21(29)14-8-9-18(24-23-14)25-10-4-5-11-25/h2-3,6-9,17H,4-5,10-13H2,1H3,(H,22,28). The molecule has 3 heterocycles. The summed E-state index contributed by atoms with van der Waals surface area (Å²) in [6.45, 7) is 1.36. The zero-order valence-corrected chi connectivity index (χ0v) is 17.1. The number of rotatable bonds is 5. The lowest BCUT2D eigenvalue weighted by Gasteiger charge is -2.33. The quantitative estimate of drug-likeness (QED) is 0.699. The van der Waals surface area contributed by atoms with Gasteiger partial charge in [0.05, 0.1) is 12.2 Å². The van der Waals surface area contributed by atoms with Crippen molar-refractivity contribution in [2.45, 2.75) is 18.9 Å². The van der Waals surface area contributed by atoms with E-state index in [2.05, 4.69) is 20.4 Å². The van der Waals surface area contributed by atoms with Crippen LogP contribution in [0.2, 0.25) is 0 Å². The third-order valence-electron chi connectivity index (χ3n) is 5.23. The van der Waals surface area contributed by atoms with Crippen molar-refractivity contribution in [3.05, 3.63) is 42.1 Å². The average molecular weight is 425 g/mol. The number of aromatic nitrogens is 2. The topological polar surface area (TPSA) is 114 Å². The number of hydrogen-bond acceptors (Lipinski definition) is 8. The molecule has 162 valence electrons. The summed E-state index contributed by atoms with van der Waals surface area (Å²) in [4.78, 5) is 40.7. The van der Waals surface area contributed by atoms with Crippen molar-refractivity contribution in [2.75, 3.05) is 43.1 Å². The summed E-state index contributed by atoms with van der Waals surface area (Å²) in [5.41, 5.74) is 0.542. The summed E-state index contributed by atoms with van der Waals surface area (Å²) in [6.07, 6.45) is 1.36. The van der Waals surface area contributed by atoms with E-state index in [1.807, 2.05) is 0 Å². The Bertz CT molecular complexity index is 974. The van der Waals surface area contributed by atoms with Crippen LogP contribution in [0.1, 0.15) is 23.3 Å². The fourth-order valence-electron chi connectivity index (χ4n) is 3.60. The third kappa shape index (κ3) is 4.42. The van der Waals surface area contributed by atoms with Crippen LogP contribution in [0.15, 0.2) is 36.4 Å². The van der Waals surface area contributed by atoms with Crippen LogP contribution in [0.25, 0.3) is 0 Å². The first-order valence-electron chi connectivity index (χ1n) is 10.1. The highest BCUT2D eigenvalue weighted by molar-refractivity contribution is 5.99. The number of ether oxygens (including phenoxy) is 2. The number of para-hydroxylation sites is 2. The second-order valence-electron chi connectivity index (χ2n) is 7.24. The second-order valence-corrected chi connectivity index (χ2v) is 7.24. The molecule has 4 rings (SSSR count). The Morgan fingerprint density at radius 3 is 2.61 bits per heavy atom. The number of nitrogens with one attached hydrogen (secondary N) is 1. The number of hydrogen-bond donors (Lipinski definition) is 1. The highest BCUT2D eigenvalue weighted by Crippen LogP contribution is 2.33. The first-order chi connectivity index (χ1) is 15.1. The minimum atomic E-state index is -0.858. The summed E-state index contributed by atoms with van der Waals surface area (Å²) in [6, 6.07) is 10.2. The van der Waals surface area contributed by atoms with Crippen molar-refractivity contribution in [3.63, 3.8) is 0 Å². The van der Waals surface area contributed by atoms with Crippen molar-refractivity contribution >= 4 is 29.3 Å². The van der Waals surface area contributed by atoms with Crippen LogP contribution in [0.4, 0.5) is 11.5 Å². The minimum Gasteiger partial charge on any atom is -0.477 e. The van der Waals surface area contributed by atoms with Crippen molar-refractivity contribution < 1.29 is 23.9 Å². The number of benzene rings is 1. The van der Waals surface area contributed by atoms with E-state index in [-0.39, 0.29) is 18.1 Å². The molecular formula is C21H23N5O5. The van der Waals surface area contributed by atoms with Gasteiger partial charge >= 0.3 is 5.97 Å². The van der Waals surface area contributed by atoms with Gasteiger partial charge in [0.15, 0.2) is 24.2 Å². The summed E-state index contributed by atoms with van der Waals surface area (Å²) in [7, 11) is 1.50. The van der Waals surface area contributed by atoms with E-state index in [9.17, 15) is 14.4 Å². The fourth-order valence-corrected chi connectivity index (χ4v) is 3.60. The van der Waals surface area contributed by atoms with E-state index < -0.39 is 24.6 Å². The largest absolute Gasteiger partial charge is 0.477 e. The van der Waals surface area contributed by atoms with Crippen LogP contribution in [0, 0.1) is 0 Å². The Morgan fingerprint density at radius 1 is 1.13 bits per heavy atom. The van der Waals surface area contributed by atoms with Crippen LogP contribution in [-0.2, 0) is 14.3 Å². The Balaban J connectivity index is 1.40. The molecule has 2 aliphatic rings. The van der Waals surface area contributed by atoms with Gasteiger partial charge in [-0.1, -0.05) is 12.1 Å². The maximum Gasteiger partial charge on any atom is 0.359 e. The van der Waals surface area contributed by atoms with E-state index >= 15 is 0 Å². The van der Waals surface area contributed by atoms with E-state index in [1.165, 1.54) is 11.9 Å². The molecule has 1 fully saturated rings. The lowest BCUT2D eigenvalue weighted by molar-refractivity contribution is -0.128. The summed E-state index contributed by atoms with van der Waals surface area (Å²) in [5, 5.41) is 10.5. The molecule has 2 aromatic rings. The fraction of sp³-hybridized carbons (Fsp3) is 0.381. The van der Waals surface area contributed by atoms with Gasteiger partial charge in [-0.25, -0.2) is 4.79 Å². The van der Waals surface area contributed by atoms with Crippen molar-refractivity contribution in [1.82, 2.24) is 15.5 Å². The molecule has 2 aliphatic heterocycles. The molecule has 10 heteroatoms. The van der Waals surface area contributed by atoms with Gasteiger partial charge in [0.25, 0.3) is 11.8 Å².